The average Bonchev–Trinajstić information content (AvgIpc) is 4.04. The molecule has 0 aliphatic heterocycles. The monoisotopic (exact) mass is 953 g/mol. The number of hydrogen-bond donors (Lipinski definition) is 0. The van der Waals surface area contributed by atoms with Gasteiger partial charge in [0.25, 0.3) is 0 Å². The molecule has 350 valence electrons. The third kappa shape index (κ3) is 6.05. The molecule has 0 spiro atoms. The molecule has 2 aliphatic carbocycles. The Kier molecular flexibility index (Phi) is 9.00. The van der Waals surface area contributed by atoms with E-state index in [9.17, 15) is 31.6 Å². The second kappa shape index (κ2) is 14.8. The van der Waals surface area contributed by atoms with Crippen LogP contribution in [0.3, 0.4) is 0 Å². The summed E-state index contributed by atoms with van der Waals surface area (Å²) in [5.41, 5.74) is 11.8. The fourth-order valence-electron chi connectivity index (χ4n) is 12.4. The smallest absolute Gasteiger partial charge is 0.309 e. The second-order valence-electron chi connectivity index (χ2n) is 20.2. The van der Waals surface area contributed by atoms with Gasteiger partial charge in [0, 0.05) is 49.2 Å². The summed E-state index contributed by atoms with van der Waals surface area (Å²) in [6, 6.07) is 56.3. The first-order valence-electron chi connectivity index (χ1n) is 23.8. The van der Waals surface area contributed by atoms with Crippen LogP contribution in [0.2, 0.25) is 0 Å². The molecule has 0 amide bonds. The first-order chi connectivity index (χ1) is 34.5. The zero-order chi connectivity index (χ0) is 49.8. The molecule has 0 saturated heterocycles. The Hall–Kier alpha value is -8.35. The van der Waals surface area contributed by atoms with E-state index < -0.39 is 28.9 Å². The quantitative estimate of drug-likeness (QED) is 0.162. The first kappa shape index (κ1) is 43.7. The highest BCUT2D eigenvalue weighted by atomic mass is 19.4. The van der Waals surface area contributed by atoms with Gasteiger partial charge < -0.3 is 9.13 Å². The molecule has 2 aliphatic rings. The van der Waals surface area contributed by atoms with Crippen molar-refractivity contribution < 1.29 is 26.3 Å². The summed E-state index contributed by atoms with van der Waals surface area (Å²) >= 11 is 0. The van der Waals surface area contributed by atoms with Crippen LogP contribution in [0, 0.1) is 11.3 Å². The Morgan fingerprint density at radius 1 is 0.417 bits per heavy atom. The van der Waals surface area contributed by atoms with Crippen molar-refractivity contribution in [3.63, 3.8) is 0 Å². The lowest BCUT2D eigenvalue weighted by atomic mass is 9.80. The molecule has 0 N–H and O–H groups in total. The van der Waals surface area contributed by atoms with E-state index in [1.807, 2.05) is 48.5 Å². The SMILES string of the molecule is CC1(C)c2ccccc2-c2ccc3c(c21)c1ccccc1n3-c1ccc(C#N)c(-c2cc(-c3cc(C(F)(F)F)cc(C(F)(F)F)c3)ccc2-n2c3ccccc3c3c4c(ccc32)-c2ccccc2C4(C)C)c1. The molecule has 11 aromatic rings. The fourth-order valence-corrected chi connectivity index (χ4v) is 12.4. The maximum Gasteiger partial charge on any atom is 0.416 e. The lowest BCUT2D eigenvalue weighted by Crippen LogP contribution is -2.15. The van der Waals surface area contributed by atoms with Crippen LogP contribution >= 0.6 is 0 Å². The van der Waals surface area contributed by atoms with Gasteiger partial charge in [-0.1, -0.05) is 131 Å². The van der Waals surface area contributed by atoms with Gasteiger partial charge in [0.2, 0.25) is 0 Å². The van der Waals surface area contributed by atoms with Crippen LogP contribution in [-0.4, -0.2) is 9.13 Å². The number of para-hydroxylation sites is 2. The minimum atomic E-state index is -5.06. The van der Waals surface area contributed by atoms with Crippen molar-refractivity contribution in [1.29, 1.82) is 5.26 Å². The molecule has 9 heteroatoms. The molecule has 0 saturated carbocycles. The molecule has 2 heterocycles. The van der Waals surface area contributed by atoms with Crippen molar-refractivity contribution in [1.82, 2.24) is 9.13 Å². The van der Waals surface area contributed by atoms with Gasteiger partial charge in [-0.05, 0) is 128 Å². The molecule has 0 bridgehead atoms. The molecule has 13 rings (SSSR count). The number of alkyl halides is 6. The predicted octanol–water partition coefficient (Wildman–Crippen LogP) is 17.7. The highest BCUT2D eigenvalue weighted by Crippen LogP contribution is 2.55. The van der Waals surface area contributed by atoms with E-state index in [1.165, 1.54) is 27.8 Å². The van der Waals surface area contributed by atoms with Gasteiger partial charge in [-0.3, -0.25) is 0 Å². The van der Waals surface area contributed by atoms with Crippen LogP contribution in [-0.2, 0) is 23.2 Å². The van der Waals surface area contributed by atoms with Crippen LogP contribution in [0.4, 0.5) is 26.3 Å². The molecule has 0 radical (unpaired) electrons. The Balaban J connectivity index is 1.11. The number of rotatable bonds is 4. The van der Waals surface area contributed by atoms with Crippen LogP contribution < -0.4 is 0 Å². The normalized spacial score (nSPS) is 14.5. The number of nitrogens with zero attached hydrogens (tertiary/aromatic N) is 3. The molecule has 0 atom stereocenters. The van der Waals surface area contributed by atoms with Crippen LogP contribution in [0.1, 0.15) is 66.6 Å². The number of aromatic nitrogens is 2. The van der Waals surface area contributed by atoms with Crippen molar-refractivity contribution >= 4 is 43.6 Å². The second-order valence-corrected chi connectivity index (χ2v) is 20.2. The highest BCUT2D eigenvalue weighted by Gasteiger charge is 2.41. The Morgan fingerprint density at radius 2 is 0.917 bits per heavy atom. The van der Waals surface area contributed by atoms with Crippen LogP contribution in [0.15, 0.2) is 176 Å². The summed E-state index contributed by atoms with van der Waals surface area (Å²) in [5, 5.41) is 15.2. The van der Waals surface area contributed by atoms with Crippen molar-refractivity contribution in [3.05, 3.63) is 215 Å². The molecule has 2 aromatic heterocycles. The van der Waals surface area contributed by atoms with Gasteiger partial charge in [0.05, 0.1) is 50.5 Å². The molecule has 72 heavy (non-hydrogen) atoms. The van der Waals surface area contributed by atoms with Crippen molar-refractivity contribution in [2.45, 2.75) is 50.9 Å². The van der Waals surface area contributed by atoms with E-state index >= 15 is 0 Å². The Morgan fingerprint density at radius 3 is 1.46 bits per heavy atom. The van der Waals surface area contributed by atoms with E-state index in [0.717, 1.165) is 78.1 Å². The van der Waals surface area contributed by atoms with Crippen molar-refractivity contribution in [2.24, 2.45) is 0 Å². The average molecular weight is 954 g/mol. The third-order valence-electron chi connectivity index (χ3n) is 15.5. The van der Waals surface area contributed by atoms with Crippen molar-refractivity contribution in [3.8, 4) is 62.0 Å². The summed E-state index contributed by atoms with van der Waals surface area (Å²) in [6.07, 6.45) is -10.1. The highest BCUT2D eigenvalue weighted by molar-refractivity contribution is 6.16. The maximum absolute atomic E-state index is 14.5. The molecule has 0 fully saturated rings. The van der Waals surface area contributed by atoms with E-state index in [1.54, 1.807) is 24.3 Å². The van der Waals surface area contributed by atoms with Crippen LogP contribution in [0.5, 0.6) is 0 Å². The lowest BCUT2D eigenvalue weighted by molar-refractivity contribution is -0.143. The third-order valence-corrected chi connectivity index (χ3v) is 15.5. The summed E-state index contributed by atoms with van der Waals surface area (Å²) in [5.74, 6) is 0. The number of nitriles is 1. The maximum atomic E-state index is 14.5. The van der Waals surface area contributed by atoms with Gasteiger partial charge in [-0.2, -0.15) is 31.6 Å². The number of halogens is 6. The summed E-state index contributed by atoms with van der Waals surface area (Å²) in [4.78, 5) is 0. The van der Waals surface area contributed by atoms with Crippen molar-refractivity contribution in [2.75, 3.05) is 0 Å². The minimum absolute atomic E-state index is 0.118. The predicted molar refractivity (Wildman–Crippen MR) is 276 cm³/mol. The van der Waals surface area contributed by atoms with E-state index in [0.29, 0.717) is 16.8 Å². The largest absolute Gasteiger partial charge is 0.416 e. The Bertz CT molecular complexity index is 4180. The Labute approximate surface area is 410 Å². The molecular weight excluding hydrogens is 913 g/mol. The number of benzene rings is 9. The van der Waals surface area contributed by atoms with E-state index in [-0.39, 0.29) is 28.2 Å². The van der Waals surface area contributed by atoms with Gasteiger partial charge in [-0.15, -0.1) is 0 Å². The summed E-state index contributed by atoms with van der Waals surface area (Å²) in [7, 11) is 0. The summed E-state index contributed by atoms with van der Waals surface area (Å²) < 4.78 is 91.0. The van der Waals surface area contributed by atoms with Gasteiger partial charge in [-0.25, -0.2) is 0 Å². The zero-order valence-electron chi connectivity index (χ0n) is 39.4. The van der Waals surface area contributed by atoms with Crippen LogP contribution in [0.25, 0.3) is 99.5 Å². The fraction of sp³-hybridized carbons (Fsp3) is 0.127. The molecule has 3 nitrogen and oxygen atoms in total. The van der Waals surface area contributed by atoms with E-state index in [2.05, 4.69) is 128 Å². The number of fused-ring (bicyclic) bond motifs is 14. The topological polar surface area (TPSA) is 33.6 Å². The zero-order valence-corrected chi connectivity index (χ0v) is 39.4. The summed E-state index contributed by atoms with van der Waals surface area (Å²) in [6.45, 7) is 8.95. The lowest BCUT2D eigenvalue weighted by Gasteiger charge is -2.23. The van der Waals surface area contributed by atoms with Gasteiger partial charge >= 0.3 is 12.4 Å². The standard InChI is InChI=1S/C63H41F6N3/c1-60(2)49-17-9-5-13-41(49)43-24-27-54-56(58(43)60)45-15-7-11-19-51(45)71(54)40-23-21-36(34-70)47(33-40)48-31-35(37-29-38(62(64,65)66)32-39(30-37)63(67,68)69)22-26-53(48)72-52-20-12-8-16-46(52)57-55(72)28-25-44-42-14-6-10-18-50(42)61(3,4)59(44)57/h5-33H,1-4H3. The van der Waals surface area contributed by atoms with Gasteiger partial charge in [0.1, 0.15) is 0 Å². The molecular formula is C63H41F6N3. The van der Waals surface area contributed by atoms with Gasteiger partial charge in [0.15, 0.2) is 0 Å². The first-order valence-corrected chi connectivity index (χ1v) is 23.8. The molecule has 9 aromatic carbocycles. The number of hydrogen-bond acceptors (Lipinski definition) is 1. The minimum Gasteiger partial charge on any atom is -0.309 e. The van der Waals surface area contributed by atoms with E-state index in [4.69, 9.17) is 0 Å². The molecule has 0 unspecified atom stereocenters.